The highest BCUT2D eigenvalue weighted by Gasteiger charge is 2.17. The Morgan fingerprint density at radius 3 is 2.24 bits per heavy atom. The Morgan fingerprint density at radius 2 is 1.52 bits per heavy atom. The van der Waals surface area contributed by atoms with E-state index in [1.54, 1.807) is 0 Å². The number of rotatable bonds is 7. The first-order chi connectivity index (χ1) is 10.2. The highest BCUT2D eigenvalue weighted by molar-refractivity contribution is 5.67. The molecular weight excluding hydrogens is 260 g/mol. The molecule has 2 nitrogen and oxygen atoms in total. The van der Waals surface area contributed by atoms with Crippen LogP contribution in [0.15, 0.2) is 54.6 Å². The predicted molar refractivity (Wildman–Crippen MR) is 87.1 cm³/mol. The molecule has 0 spiro atoms. The van der Waals surface area contributed by atoms with Gasteiger partial charge in [0.25, 0.3) is 0 Å². The van der Waals surface area contributed by atoms with Crippen LogP contribution in [0.25, 0.3) is 11.1 Å². The van der Waals surface area contributed by atoms with Crippen molar-refractivity contribution in [2.45, 2.75) is 44.8 Å². The molecule has 21 heavy (non-hydrogen) atoms. The molecule has 0 aromatic heterocycles. The first kappa shape index (κ1) is 15.7. The second-order valence-corrected chi connectivity index (χ2v) is 5.50. The highest BCUT2D eigenvalue weighted by atomic mass is 16.3. The maximum atomic E-state index is 10.2. The standard InChI is InChI=1S/C19H24O2/c1-2-3-13-18(20)19(21)14-16-11-7-8-12-17(16)15-9-5-4-6-10-15/h4-12,18-21H,2-3,13-14H2,1H3. The summed E-state index contributed by atoms with van der Waals surface area (Å²) in [6, 6.07) is 18.2. The lowest BCUT2D eigenvalue weighted by molar-refractivity contribution is 0.0141. The van der Waals surface area contributed by atoms with Gasteiger partial charge in [-0.05, 0) is 23.1 Å². The molecule has 0 saturated carbocycles. The first-order valence-electron chi connectivity index (χ1n) is 7.71. The van der Waals surface area contributed by atoms with Gasteiger partial charge in [0.15, 0.2) is 0 Å². The van der Waals surface area contributed by atoms with E-state index in [9.17, 15) is 10.2 Å². The van der Waals surface area contributed by atoms with Gasteiger partial charge >= 0.3 is 0 Å². The molecule has 0 aliphatic carbocycles. The Kier molecular flexibility index (Phi) is 5.97. The molecule has 0 bridgehead atoms. The summed E-state index contributed by atoms with van der Waals surface area (Å²) in [6.45, 7) is 2.09. The maximum absolute atomic E-state index is 10.2. The van der Waals surface area contributed by atoms with Gasteiger partial charge in [-0.2, -0.15) is 0 Å². The predicted octanol–water partition coefficient (Wildman–Crippen LogP) is 3.81. The zero-order chi connectivity index (χ0) is 15.1. The number of hydrogen-bond acceptors (Lipinski definition) is 2. The third-order valence-corrected chi connectivity index (χ3v) is 3.83. The van der Waals surface area contributed by atoms with E-state index < -0.39 is 12.2 Å². The van der Waals surface area contributed by atoms with E-state index in [2.05, 4.69) is 25.1 Å². The molecule has 0 aliphatic heterocycles. The van der Waals surface area contributed by atoms with Gasteiger partial charge in [0.2, 0.25) is 0 Å². The van der Waals surface area contributed by atoms with Gasteiger partial charge in [-0.15, -0.1) is 0 Å². The van der Waals surface area contributed by atoms with Crippen molar-refractivity contribution in [1.82, 2.24) is 0 Å². The molecule has 0 aliphatic rings. The molecule has 2 N–H and O–H groups in total. The molecule has 0 radical (unpaired) electrons. The smallest absolute Gasteiger partial charge is 0.0839 e. The van der Waals surface area contributed by atoms with Crippen LogP contribution in [-0.2, 0) is 6.42 Å². The average Bonchev–Trinajstić information content (AvgIpc) is 2.54. The summed E-state index contributed by atoms with van der Waals surface area (Å²) < 4.78 is 0. The fourth-order valence-corrected chi connectivity index (χ4v) is 2.56. The normalized spacial score (nSPS) is 13.9. The number of aliphatic hydroxyl groups is 2. The second kappa shape index (κ2) is 7.96. The van der Waals surface area contributed by atoms with Crippen LogP contribution in [0.1, 0.15) is 31.7 Å². The van der Waals surface area contributed by atoms with Crippen molar-refractivity contribution in [3.63, 3.8) is 0 Å². The molecule has 112 valence electrons. The third kappa shape index (κ3) is 4.42. The fourth-order valence-electron chi connectivity index (χ4n) is 2.56. The van der Waals surface area contributed by atoms with E-state index in [1.807, 2.05) is 36.4 Å². The zero-order valence-corrected chi connectivity index (χ0v) is 12.6. The van der Waals surface area contributed by atoms with E-state index in [4.69, 9.17) is 0 Å². The summed E-state index contributed by atoms with van der Waals surface area (Å²) >= 11 is 0. The van der Waals surface area contributed by atoms with Crippen LogP contribution in [0.2, 0.25) is 0 Å². The van der Waals surface area contributed by atoms with Crippen LogP contribution >= 0.6 is 0 Å². The Hall–Kier alpha value is -1.64. The van der Waals surface area contributed by atoms with Crippen molar-refractivity contribution >= 4 is 0 Å². The lowest BCUT2D eigenvalue weighted by atomic mass is 9.93. The topological polar surface area (TPSA) is 40.5 Å². The molecule has 2 atom stereocenters. The molecular formula is C19H24O2. The van der Waals surface area contributed by atoms with Gasteiger partial charge in [0.05, 0.1) is 12.2 Å². The van der Waals surface area contributed by atoms with Crippen molar-refractivity contribution in [3.05, 3.63) is 60.2 Å². The van der Waals surface area contributed by atoms with Gasteiger partial charge in [-0.3, -0.25) is 0 Å². The van der Waals surface area contributed by atoms with Crippen LogP contribution in [0, 0.1) is 0 Å². The third-order valence-electron chi connectivity index (χ3n) is 3.83. The van der Waals surface area contributed by atoms with Crippen LogP contribution in [0.5, 0.6) is 0 Å². The SMILES string of the molecule is CCCCC(O)C(O)Cc1ccccc1-c1ccccc1. The Labute approximate surface area is 127 Å². The molecule has 2 aromatic carbocycles. The van der Waals surface area contributed by atoms with E-state index in [0.717, 1.165) is 29.5 Å². The number of hydrogen-bond donors (Lipinski definition) is 2. The summed E-state index contributed by atoms with van der Waals surface area (Å²) in [6.07, 6.45) is 1.76. The molecule has 0 amide bonds. The molecule has 0 heterocycles. The van der Waals surface area contributed by atoms with Crippen molar-refractivity contribution < 1.29 is 10.2 Å². The largest absolute Gasteiger partial charge is 0.390 e. The van der Waals surface area contributed by atoms with Gasteiger partial charge in [0, 0.05) is 6.42 Å². The number of benzene rings is 2. The van der Waals surface area contributed by atoms with Gasteiger partial charge in [0.1, 0.15) is 0 Å². The summed E-state index contributed by atoms with van der Waals surface area (Å²) in [5.41, 5.74) is 3.34. The van der Waals surface area contributed by atoms with Crippen molar-refractivity contribution in [1.29, 1.82) is 0 Å². The van der Waals surface area contributed by atoms with Crippen molar-refractivity contribution in [3.8, 4) is 11.1 Å². The minimum Gasteiger partial charge on any atom is -0.390 e. The summed E-state index contributed by atoms with van der Waals surface area (Å²) in [7, 11) is 0. The molecule has 0 saturated heterocycles. The molecule has 2 unspecified atom stereocenters. The zero-order valence-electron chi connectivity index (χ0n) is 12.6. The lowest BCUT2D eigenvalue weighted by Crippen LogP contribution is -2.28. The average molecular weight is 284 g/mol. The second-order valence-electron chi connectivity index (χ2n) is 5.50. The summed E-state index contributed by atoms with van der Waals surface area (Å²) in [5, 5.41) is 20.2. The molecule has 2 rings (SSSR count). The monoisotopic (exact) mass is 284 g/mol. The van der Waals surface area contributed by atoms with E-state index in [0.29, 0.717) is 12.8 Å². The minimum atomic E-state index is -0.707. The van der Waals surface area contributed by atoms with Crippen molar-refractivity contribution in [2.24, 2.45) is 0 Å². The van der Waals surface area contributed by atoms with Crippen LogP contribution < -0.4 is 0 Å². The van der Waals surface area contributed by atoms with Crippen LogP contribution in [-0.4, -0.2) is 22.4 Å². The van der Waals surface area contributed by atoms with Crippen LogP contribution in [0.4, 0.5) is 0 Å². The van der Waals surface area contributed by atoms with E-state index >= 15 is 0 Å². The molecule has 2 aromatic rings. The van der Waals surface area contributed by atoms with Crippen molar-refractivity contribution in [2.75, 3.05) is 0 Å². The first-order valence-corrected chi connectivity index (χ1v) is 7.71. The van der Waals surface area contributed by atoms with Crippen LogP contribution in [0.3, 0.4) is 0 Å². The quantitative estimate of drug-likeness (QED) is 0.811. The molecule has 0 fully saturated rings. The Morgan fingerprint density at radius 1 is 0.857 bits per heavy atom. The summed E-state index contributed by atoms with van der Waals surface area (Å²) in [5.74, 6) is 0. The minimum absolute atomic E-state index is 0.482. The lowest BCUT2D eigenvalue weighted by Gasteiger charge is -2.19. The van der Waals surface area contributed by atoms with Gasteiger partial charge in [-0.25, -0.2) is 0 Å². The van der Waals surface area contributed by atoms with E-state index in [-0.39, 0.29) is 0 Å². The van der Waals surface area contributed by atoms with Gasteiger partial charge < -0.3 is 10.2 Å². The maximum Gasteiger partial charge on any atom is 0.0839 e. The fraction of sp³-hybridized carbons (Fsp3) is 0.368. The Balaban J connectivity index is 2.14. The van der Waals surface area contributed by atoms with E-state index in [1.165, 1.54) is 0 Å². The Bertz CT molecular complexity index is 536. The number of aliphatic hydroxyl groups excluding tert-OH is 2. The van der Waals surface area contributed by atoms with Gasteiger partial charge in [-0.1, -0.05) is 74.4 Å². The molecule has 2 heteroatoms. The summed E-state index contributed by atoms with van der Waals surface area (Å²) in [4.78, 5) is 0. The number of unbranched alkanes of at least 4 members (excludes halogenated alkanes) is 1. The highest BCUT2D eigenvalue weighted by Crippen LogP contribution is 2.25.